The lowest BCUT2D eigenvalue weighted by atomic mass is 10.0. The van der Waals surface area contributed by atoms with Gasteiger partial charge >= 0.3 is 0 Å². The fourth-order valence-electron chi connectivity index (χ4n) is 2.10. The van der Waals surface area contributed by atoms with Crippen LogP contribution in [0.5, 0.6) is 0 Å². The molecule has 0 aliphatic carbocycles. The van der Waals surface area contributed by atoms with Crippen LogP contribution in [0.3, 0.4) is 0 Å². The fourth-order valence-corrected chi connectivity index (χ4v) is 3.06. The van der Waals surface area contributed by atoms with E-state index in [0.29, 0.717) is 16.1 Å². The molecule has 0 fully saturated rings. The Kier molecular flexibility index (Phi) is 3.71. The molecule has 2 aromatic carbocycles. The van der Waals surface area contributed by atoms with Crippen molar-refractivity contribution >= 4 is 60.1 Å². The van der Waals surface area contributed by atoms with Crippen LogP contribution in [0.1, 0.15) is 15.9 Å². The molecule has 0 amide bonds. The molecule has 3 rings (SSSR count). The first-order valence-electron chi connectivity index (χ1n) is 5.82. The van der Waals surface area contributed by atoms with Crippen molar-refractivity contribution in [3.63, 3.8) is 0 Å². The molecule has 3 aromatic rings. The fraction of sp³-hybridized carbons (Fsp3) is 0. The third kappa shape index (κ3) is 2.43. The number of rotatable bonds is 2. The number of aromatic nitrogens is 1. The van der Waals surface area contributed by atoms with E-state index in [-0.39, 0.29) is 5.78 Å². The van der Waals surface area contributed by atoms with Gasteiger partial charge in [0.05, 0.1) is 0 Å². The molecule has 1 N–H and O–H groups in total. The van der Waals surface area contributed by atoms with Gasteiger partial charge in [-0.25, -0.2) is 0 Å². The molecule has 0 saturated heterocycles. The monoisotopic (exact) mass is 411 g/mol. The molecule has 0 atom stereocenters. The number of hydrogen-bond acceptors (Lipinski definition) is 1. The zero-order chi connectivity index (χ0) is 14.3. The van der Waals surface area contributed by atoms with E-state index >= 15 is 0 Å². The number of aromatic amines is 1. The van der Waals surface area contributed by atoms with Crippen molar-refractivity contribution in [3.8, 4) is 0 Å². The summed E-state index contributed by atoms with van der Waals surface area (Å²) in [5.74, 6) is -0.0494. The normalized spacial score (nSPS) is 10.9. The highest BCUT2D eigenvalue weighted by Gasteiger charge is 2.17. The van der Waals surface area contributed by atoms with E-state index in [1.165, 1.54) is 0 Å². The minimum atomic E-state index is -0.0494. The van der Waals surface area contributed by atoms with Crippen LogP contribution in [0.25, 0.3) is 10.9 Å². The van der Waals surface area contributed by atoms with Gasteiger partial charge in [0.1, 0.15) is 0 Å². The first-order valence-corrected chi connectivity index (χ1v) is 7.79. The predicted octanol–water partition coefficient (Wildman–Crippen LogP) is 5.58. The topological polar surface area (TPSA) is 32.9 Å². The standard InChI is InChI=1S/C15H8Br2ClNO/c16-8-1-3-13(17)11(5-8)15(20)12-7-19-14-4-2-9(18)6-10(12)14/h1-7,19H. The lowest BCUT2D eigenvalue weighted by Gasteiger charge is -2.04. The maximum absolute atomic E-state index is 12.7. The molecule has 0 bridgehead atoms. The largest absolute Gasteiger partial charge is 0.360 e. The Morgan fingerprint density at radius 2 is 1.85 bits per heavy atom. The van der Waals surface area contributed by atoms with E-state index in [4.69, 9.17) is 11.6 Å². The van der Waals surface area contributed by atoms with E-state index in [1.54, 1.807) is 24.4 Å². The number of benzene rings is 2. The summed E-state index contributed by atoms with van der Waals surface area (Å²) >= 11 is 12.8. The summed E-state index contributed by atoms with van der Waals surface area (Å²) in [6.07, 6.45) is 1.72. The van der Waals surface area contributed by atoms with E-state index in [1.807, 2.05) is 18.2 Å². The Labute approximate surface area is 137 Å². The van der Waals surface area contributed by atoms with Gasteiger partial charge in [0.15, 0.2) is 5.78 Å². The van der Waals surface area contributed by atoms with Crippen LogP contribution in [-0.4, -0.2) is 10.8 Å². The summed E-state index contributed by atoms with van der Waals surface area (Å²) in [5, 5.41) is 1.44. The van der Waals surface area contributed by atoms with Crippen LogP contribution in [-0.2, 0) is 0 Å². The van der Waals surface area contributed by atoms with Gasteiger partial charge in [0, 0.05) is 42.2 Å². The number of hydrogen-bond donors (Lipinski definition) is 1. The number of carbonyl (C=O) groups is 1. The average molecular weight is 413 g/mol. The van der Waals surface area contributed by atoms with Crippen molar-refractivity contribution in [1.29, 1.82) is 0 Å². The lowest BCUT2D eigenvalue weighted by molar-refractivity contribution is 0.103. The minimum Gasteiger partial charge on any atom is -0.360 e. The Balaban J connectivity index is 2.17. The quantitative estimate of drug-likeness (QED) is 0.547. The molecule has 0 radical (unpaired) electrons. The Bertz CT molecular complexity index is 826. The molecule has 0 aliphatic heterocycles. The molecular formula is C15H8Br2ClNO. The lowest BCUT2D eigenvalue weighted by Crippen LogP contribution is -2.01. The van der Waals surface area contributed by atoms with Gasteiger partial charge in [0.2, 0.25) is 0 Å². The van der Waals surface area contributed by atoms with Crippen LogP contribution < -0.4 is 0 Å². The Morgan fingerprint density at radius 1 is 1.05 bits per heavy atom. The van der Waals surface area contributed by atoms with Crippen molar-refractivity contribution in [2.24, 2.45) is 0 Å². The van der Waals surface area contributed by atoms with Crippen LogP contribution in [0.15, 0.2) is 51.5 Å². The summed E-state index contributed by atoms with van der Waals surface area (Å²) in [5.41, 5.74) is 2.12. The predicted molar refractivity (Wildman–Crippen MR) is 88.6 cm³/mol. The first-order chi connectivity index (χ1) is 9.56. The van der Waals surface area contributed by atoms with E-state index < -0.39 is 0 Å². The SMILES string of the molecule is O=C(c1cc(Br)ccc1Br)c1c[nH]c2ccc(Cl)cc12. The van der Waals surface area contributed by atoms with Crippen LogP contribution in [0, 0.1) is 0 Å². The Morgan fingerprint density at radius 3 is 2.65 bits per heavy atom. The summed E-state index contributed by atoms with van der Waals surface area (Å²) in [7, 11) is 0. The van der Waals surface area contributed by atoms with Gasteiger partial charge < -0.3 is 4.98 Å². The van der Waals surface area contributed by atoms with Crippen molar-refractivity contribution in [2.75, 3.05) is 0 Å². The summed E-state index contributed by atoms with van der Waals surface area (Å²) in [6.45, 7) is 0. The Hall–Kier alpha value is -1.10. The first kappa shape index (κ1) is 13.9. The molecule has 2 nitrogen and oxygen atoms in total. The number of nitrogens with one attached hydrogen (secondary N) is 1. The van der Waals surface area contributed by atoms with Gasteiger partial charge in [0.25, 0.3) is 0 Å². The van der Waals surface area contributed by atoms with Crippen LogP contribution >= 0.6 is 43.5 Å². The molecular weight excluding hydrogens is 405 g/mol. The second-order valence-corrected chi connectivity index (χ2v) is 6.55. The van der Waals surface area contributed by atoms with E-state index in [0.717, 1.165) is 19.8 Å². The zero-order valence-electron chi connectivity index (χ0n) is 10.1. The van der Waals surface area contributed by atoms with Gasteiger partial charge in [-0.3, -0.25) is 4.79 Å². The third-order valence-corrected chi connectivity index (χ3v) is 4.48. The van der Waals surface area contributed by atoms with Crippen molar-refractivity contribution in [3.05, 3.63) is 67.7 Å². The van der Waals surface area contributed by atoms with Gasteiger partial charge in [-0.05, 0) is 36.4 Å². The smallest absolute Gasteiger partial charge is 0.196 e. The minimum absolute atomic E-state index is 0.0494. The van der Waals surface area contributed by atoms with Gasteiger partial charge in [-0.15, -0.1) is 0 Å². The molecule has 20 heavy (non-hydrogen) atoms. The van der Waals surface area contributed by atoms with Crippen LogP contribution in [0.2, 0.25) is 5.02 Å². The molecule has 0 aliphatic rings. The highest BCUT2D eigenvalue weighted by Crippen LogP contribution is 2.28. The molecule has 1 aromatic heterocycles. The molecule has 100 valence electrons. The molecule has 0 spiro atoms. The number of fused-ring (bicyclic) bond motifs is 1. The van der Waals surface area contributed by atoms with Gasteiger partial charge in [-0.2, -0.15) is 0 Å². The van der Waals surface area contributed by atoms with Crippen molar-refractivity contribution in [1.82, 2.24) is 4.98 Å². The number of H-pyrrole nitrogens is 1. The second kappa shape index (κ2) is 5.35. The number of carbonyl (C=O) groups excluding carboxylic acids is 1. The molecule has 0 unspecified atom stereocenters. The van der Waals surface area contributed by atoms with Crippen molar-refractivity contribution < 1.29 is 4.79 Å². The third-order valence-electron chi connectivity index (χ3n) is 3.06. The van der Waals surface area contributed by atoms with Crippen LogP contribution in [0.4, 0.5) is 0 Å². The number of halogens is 3. The molecule has 1 heterocycles. The molecule has 0 saturated carbocycles. The van der Waals surface area contributed by atoms with E-state index in [9.17, 15) is 4.79 Å². The highest BCUT2D eigenvalue weighted by molar-refractivity contribution is 9.11. The average Bonchev–Trinajstić information content (AvgIpc) is 2.83. The highest BCUT2D eigenvalue weighted by atomic mass is 79.9. The second-order valence-electron chi connectivity index (χ2n) is 4.35. The summed E-state index contributed by atoms with van der Waals surface area (Å²) in [4.78, 5) is 15.8. The molecule has 5 heteroatoms. The summed E-state index contributed by atoms with van der Waals surface area (Å²) in [6, 6.07) is 11.0. The maximum Gasteiger partial charge on any atom is 0.196 e. The summed E-state index contributed by atoms with van der Waals surface area (Å²) < 4.78 is 1.63. The van der Waals surface area contributed by atoms with E-state index in [2.05, 4.69) is 36.8 Å². The zero-order valence-corrected chi connectivity index (χ0v) is 14.0. The van der Waals surface area contributed by atoms with Gasteiger partial charge in [-0.1, -0.05) is 43.5 Å². The maximum atomic E-state index is 12.7. The number of ketones is 1. The van der Waals surface area contributed by atoms with Crippen molar-refractivity contribution in [2.45, 2.75) is 0 Å².